The maximum absolute atomic E-state index is 6.40. The molecule has 9 rings (SSSR count). The van der Waals surface area contributed by atoms with Gasteiger partial charge in [-0.25, -0.2) is 4.98 Å². The van der Waals surface area contributed by atoms with E-state index < -0.39 is 0 Å². The number of rotatable bonds is 4. The Morgan fingerprint density at radius 3 is 2.50 bits per heavy atom. The third-order valence-corrected chi connectivity index (χ3v) is 7.79. The molecule has 0 fully saturated rings. The van der Waals surface area contributed by atoms with Crippen molar-refractivity contribution in [2.24, 2.45) is 0 Å². The van der Waals surface area contributed by atoms with Gasteiger partial charge in [-0.05, 0) is 53.5 Å². The summed E-state index contributed by atoms with van der Waals surface area (Å²) in [6, 6.07) is 41.2. The molecular weight excluding hydrogens is 728 g/mol. The Hall–Kier alpha value is -5.39. The van der Waals surface area contributed by atoms with Crippen molar-refractivity contribution >= 4 is 44.2 Å². The number of fused-ring (bicyclic) bond motifs is 8. The fourth-order valence-electron chi connectivity index (χ4n) is 5.90. The number of anilines is 2. The molecule has 0 N–H and O–H groups in total. The van der Waals surface area contributed by atoms with Crippen molar-refractivity contribution in [1.29, 1.82) is 0 Å². The number of para-hydroxylation sites is 3. The van der Waals surface area contributed by atoms with Crippen molar-refractivity contribution in [2.45, 2.75) is 0 Å². The molecular formula is C36H21N6OPt-3. The van der Waals surface area contributed by atoms with E-state index >= 15 is 0 Å². The van der Waals surface area contributed by atoms with Crippen LogP contribution < -0.4 is 9.64 Å². The molecule has 0 saturated carbocycles. The molecule has 214 valence electrons. The maximum atomic E-state index is 6.40. The van der Waals surface area contributed by atoms with Crippen LogP contribution in [0.2, 0.25) is 0 Å². The van der Waals surface area contributed by atoms with Crippen LogP contribution in [0.25, 0.3) is 50.0 Å². The zero-order valence-electron chi connectivity index (χ0n) is 23.0. The number of hydrogen-bond donors (Lipinski definition) is 0. The maximum Gasteiger partial charge on any atom is 0.135 e. The van der Waals surface area contributed by atoms with Crippen molar-refractivity contribution in [1.82, 2.24) is 24.1 Å². The van der Waals surface area contributed by atoms with Gasteiger partial charge in [0.1, 0.15) is 5.82 Å². The van der Waals surface area contributed by atoms with Crippen LogP contribution in [0.4, 0.5) is 11.4 Å². The zero-order chi connectivity index (χ0) is 28.3. The summed E-state index contributed by atoms with van der Waals surface area (Å²) in [6.07, 6.45) is 5.47. The smallest absolute Gasteiger partial charge is 0.135 e. The van der Waals surface area contributed by atoms with E-state index in [1.807, 2.05) is 85.1 Å². The van der Waals surface area contributed by atoms with E-state index in [4.69, 9.17) is 9.72 Å². The number of pyridine rings is 2. The van der Waals surface area contributed by atoms with Gasteiger partial charge < -0.3 is 23.8 Å². The Labute approximate surface area is 267 Å². The average molecular weight is 749 g/mol. The van der Waals surface area contributed by atoms with Crippen LogP contribution in [0.15, 0.2) is 122 Å². The standard InChI is InChI=1S/C36H21N6O.Pt/c1-3-12-31-28(10-1)36-39-30-11-2-4-13-33(30)41(36)23-40(31)24-8-7-9-25(20-24)43-26-15-16-27-29-22-37-19-17-32(29)42(34(27)21-26)35-14-5-6-18-38-35;/h1-19,22-23H;/q-3;. The molecule has 1 aliphatic heterocycles. The van der Waals surface area contributed by atoms with Crippen molar-refractivity contribution < 1.29 is 25.8 Å². The van der Waals surface area contributed by atoms with Gasteiger partial charge in [0.05, 0.1) is 0 Å². The summed E-state index contributed by atoms with van der Waals surface area (Å²) in [7, 11) is 0. The first-order valence-corrected chi connectivity index (χ1v) is 13.9. The van der Waals surface area contributed by atoms with Gasteiger partial charge in [-0.15, -0.1) is 35.7 Å². The van der Waals surface area contributed by atoms with Gasteiger partial charge in [0, 0.05) is 73.7 Å². The van der Waals surface area contributed by atoms with Crippen molar-refractivity contribution in [2.75, 3.05) is 4.90 Å². The molecule has 44 heavy (non-hydrogen) atoms. The largest absolute Gasteiger partial charge is 0.509 e. The topological polar surface area (TPSA) is 61.0 Å². The first-order chi connectivity index (χ1) is 21.3. The molecule has 0 aliphatic carbocycles. The van der Waals surface area contributed by atoms with Gasteiger partial charge in [0.25, 0.3) is 0 Å². The van der Waals surface area contributed by atoms with Gasteiger partial charge in [0.15, 0.2) is 0 Å². The predicted octanol–water partition coefficient (Wildman–Crippen LogP) is 8.10. The van der Waals surface area contributed by atoms with Crippen molar-refractivity contribution in [3.05, 3.63) is 141 Å². The summed E-state index contributed by atoms with van der Waals surface area (Å²) in [4.78, 5) is 16.0. The van der Waals surface area contributed by atoms with Crippen LogP contribution in [-0.4, -0.2) is 24.1 Å². The molecule has 0 atom stereocenters. The molecule has 8 heteroatoms. The van der Waals surface area contributed by atoms with Gasteiger partial charge in [-0.2, -0.15) is 12.1 Å². The van der Waals surface area contributed by atoms with Crippen LogP contribution in [0.5, 0.6) is 11.5 Å². The Bertz CT molecular complexity index is 2330. The second kappa shape index (κ2) is 10.4. The summed E-state index contributed by atoms with van der Waals surface area (Å²) in [5, 5.41) is 2.06. The van der Waals surface area contributed by atoms with Crippen LogP contribution in [-0.2, 0) is 21.1 Å². The minimum atomic E-state index is 0. The van der Waals surface area contributed by atoms with Crippen LogP contribution in [0.3, 0.4) is 0 Å². The molecule has 8 aromatic rings. The number of benzene rings is 4. The molecule has 4 aromatic heterocycles. The number of nitrogens with zero attached hydrogens (tertiary/aromatic N) is 6. The molecule has 4 aromatic carbocycles. The van der Waals surface area contributed by atoms with E-state index in [2.05, 4.69) is 67.1 Å². The van der Waals surface area contributed by atoms with E-state index in [9.17, 15) is 0 Å². The number of ether oxygens (including phenoxy) is 1. The van der Waals surface area contributed by atoms with E-state index in [-0.39, 0.29) is 21.1 Å². The second-order valence-electron chi connectivity index (χ2n) is 10.3. The normalized spacial score (nSPS) is 12.0. The minimum Gasteiger partial charge on any atom is -0.509 e. The summed E-state index contributed by atoms with van der Waals surface area (Å²) in [5.41, 5.74) is 6.81. The van der Waals surface area contributed by atoms with E-state index in [1.165, 1.54) is 0 Å². The number of imidazole rings is 1. The second-order valence-corrected chi connectivity index (χ2v) is 10.3. The Morgan fingerprint density at radius 1 is 0.705 bits per heavy atom. The van der Waals surface area contributed by atoms with Crippen LogP contribution in [0, 0.1) is 18.8 Å². The number of aromatic nitrogens is 5. The third kappa shape index (κ3) is 4.08. The van der Waals surface area contributed by atoms with E-state index in [0.29, 0.717) is 11.5 Å². The first-order valence-electron chi connectivity index (χ1n) is 13.9. The molecule has 0 spiro atoms. The molecule has 1 aliphatic rings. The quantitative estimate of drug-likeness (QED) is 0.170. The first kappa shape index (κ1) is 26.3. The monoisotopic (exact) mass is 748 g/mol. The fraction of sp³-hybridized carbons (Fsp3) is 0. The molecule has 0 saturated heterocycles. The zero-order valence-corrected chi connectivity index (χ0v) is 25.3. The Balaban J connectivity index is 0.00000289. The van der Waals surface area contributed by atoms with Gasteiger partial charge in [-0.3, -0.25) is 4.98 Å². The minimum absolute atomic E-state index is 0. The molecule has 0 bridgehead atoms. The van der Waals surface area contributed by atoms with E-state index in [1.54, 1.807) is 12.4 Å². The summed E-state index contributed by atoms with van der Waals surface area (Å²) in [5.74, 6) is 2.89. The van der Waals surface area contributed by atoms with Gasteiger partial charge in [-0.1, -0.05) is 53.7 Å². The van der Waals surface area contributed by atoms with Gasteiger partial charge >= 0.3 is 0 Å². The molecule has 5 heterocycles. The van der Waals surface area contributed by atoms with Crippen molar-refractivity contribution in [3.63, 3.8) is 0 Å². The molecule has 0 unspecified atom stereocenters. The summed E-state index contributed by atoms with van der Waals surface area (Å²) < 4.78 is 10.6. The van der Waals surface area contributed by atoms with E-state index in [0.717, 1.165) is 61.4 Å². The van der Waals surface area contributed by atoms with Crippen LogP contribution in [0.1, 0.15) is 0 Å². The molecule has 7 nitrogen and oxygen atoms in total. The predicted molar refractivity (Wildman–Crippen MR) is 168 cm³/mol. The van der Waals surface area contributed by atoms with Crippen LogP contribution >= 0.6 is 0 Å². The third-order valence-electron chi connectivity index (χ3n) is 7.79. The SMILES string of the molecule is [Pt].[c-]1c(Oc2[c-]c3c(cc2)c2cnccc2n3-c2ccccn2)cccc1N1[CH-]n2c(nc3ccccc32)-c2ccccc21. The Morgan fingerprint density at radius 2 is 1.57 bits per heavy atom. The number of hydrogen-bond acceptors (Lipinski definition) is 5. The molecule has 0 radical (unpaired) electrons. The van der Waals surface area contributed by atoms with Crippen molar-refractivity contribution in [3.8, 4) is 28.7 Å². The fourth-order valence-corrected chi connectivity index (χ4v) is 5.90. The summed E-state index contributed by atoms with van der Waals surface area (Å²) >= 11 is 0. The Kier molecular flexibility index (Phi) is 6.21. The summed E-state index contributed by atoms with van der Waals surface area (Å²) in [6.45, 7) is 2.07. The van der Waals surface area contributed by atoms with Gasteiger partial charge in [0.2, 0.25) is 0 Å². The molecule has 0 amide bonds. The average Bonchev–Trinajstić information content (AvgIpc) is 3.60.